The molecule has 0 spiro atoms. The molecule has 0 radical (unpaired) electrons. The molecule has 6 nitrogen and oxygen atoms in total. The first-order chi connectivity index (χ1) is 15.5. The largest absolute Gasteiger partial charge is 0.497 e. The van der Waals surface area contributed by atoms with Gasteiger partial charge >= 0.3 is 5.97 Å². The fraction of sp³-hybridized carbons (Fsp3) is 0.0769. The van der Waals surface area contributed by atoms with Crippen LogP contribution in [-0.2, 0) is 4.79 Å². The number of hydrogen-bond acceptors (Lipinski definition) is 5. The number of benzene rings is 3. The first-order valence-corrected chi connectivity index (χ1v) is 9.74. The van der Waals surface area contributed by atoms with E-state index >= 15 is 0 Å². The van der Waals surface area contributed by atoms with Crippen molar-refractivity contribution in [3.05, 3.63) is 77.9 Å². The molecule has 0 amide bonds. The van der Waals surface area contributed by atoms with E-state index in [4.69, 9.17) is 24.3 Å². The Morgan fingerprint density at radius 3 is 2.38 bits per heavy atom. The molecule has 4 rings (SSSR count). The van der Waals surface area contributed by atoms with Crippen LogP contribution in [0.15, 0.2) is 76.7 Å². The number of ether oxygens (including phenoxy) is 2. The third kappa shape index (κ3) is 4.05. The van der Waals surface area contributed by atoms with Crippen molar-refractivity contribution in [2.45, 2.75) is 0 Å². The molecule has 158 valence electrons. The molecule has 0 aliphatic heterocycles. The second kappa shape index (κ2) is 8.70. The molecule has 0 unspecified atom stereocenters. The topological polar surface area (TPSA) is 92.7 Å². The van der Waals surface area contributed by atoms with Crippen LogP contribution in [0.5, 0.6) is 11.5 Å². The highest BCUT2D eigenvalue weighted by atomic mass is 16.5. The number of furan rings is 1. The first kappa shape index (κ1) is 20.8. The van der Waals surface area contributed by atoms with Crippen LogP contribution >= 0.6 is 0 Å². The highest BCUT2D eigenvalue weighted by Gasteiger charge is 2.14. The number of rotatable bonds is 6. The number of hydrogen-bond donors (Lipinski definition) is 1. The third-order valence-electron chi connectivity index (χ3n) is 5.10. The smallest absolute Gasteiger partial charge is 0.346 e. The fourth-order valence-corrected chi connectivity index (χ4v) is 3.44. The van der Waals surface area contributed by atoms with E-state index in [2.05, 4.69) is 0 Å². The molecule has 32 heavy (non-hydrogen) atoms. The normalized spacial score (nSPS) is 11.2. The summed E-state index contributed by atoms with van der Waals surface area (Å²) in [6.07, 6.45) is 1.31. The second-order valence-electron chi connectivity index (χ2n) is 7.03. The maximum absolute atomic E-state index is 11.1. The first-order valence-electron chi connectivity index (χ1n) is 9.74. The Hall–Kier alpha value is -4.50. The molecule has 1 N–H and O–H groups in total. The molecule has 6 heteroatoms. The van der Waals surface area contributed by atoms with Crippen LogP contribution in [0.1, 0.15) is 5.56 Å². The number of carbonyl (C=O) groups is 1. The SMILES string of the molecule is COc1ccc(-c2ccc(-c3cc4ccc(C=C(C#N)C(=O)O)cc4o3)c(OC)c2)cc1. The van der Waals surface area contributed by atoms with Crippen molar-refractivity contribution < 1.29 is 23.8 Å². The summed E-state index contributed by atoms with van der Waals surface area (Å²) in [6.45, 7) is 0. The standard InChI is InChI=1S/C26H19NO5/c1-30-21-8-5-17(6-9-21)18-7-10-22(24(13-18)31-2)25-14-19-4-3-16(12-23(19)32-25)11-20(15-27)26(28)29/h3-14H,1-2H3,(H,28,29). The Balaban J connectivity index is 1.71. The van der Waals surface area contributed by atoms with Crippen LogP contribution in [0.2, 0.25) is 0 Å². The lowest BCUT2D eigenvalue weighted by atomic mass is 10.0. The Morgan fingerprint density at radius 2 is 1.72 bits per heavy atom. The van der Waals surface area contributed by atoms with Gasteiger partial charge in [-0.15, -0.1) is 0 Å². The lowest BCUT2D eigenvalue weighted by molar-refractivity contribution is -0.132. The summed E-state index contributed by atoms with van der Waals surface area (Å²) in [7, 11) is 3.24. The van der Waals surface area contributed by atoms with E-state index < -0.39 is 5.97 Å². The number of fused-ring (bicyclic) bond motifs is 1. The van der Waals surface area contributed by atoms with Crippen LogP contribution in [0.4, 0.5) is 0 Å². The van der Waals surface area contributed by atoms with E-state index in [0.717, 1.165) is 27.8 Å². The summed E-state index contributed by atoms with van der Waals surface area (Å²) in [6, 6.07) is 22.5. The van der Waals surface area contributed by atoms with Gasteiger partial charge < -0.3 is 19.0 Å². The van der Waals surface area contributed by atoms with Crippen molar-refractivity contribution in [2.75, 3.05) is 14.2 Å². The molecule has 0 bridgehead atoms. The van der Waals surface area contributed by atoms with Crippen LogP contribution in [0, 0.1) is 11.3 Å². The average Bonchev–Trinajstić information content (AvgIpc) is 3.25. The molecular weight excluding hydrogens is 406 g/mol. The molecule has 0 aliphatic carbocycles. The molecule has 4 aromatic rings. The molecule has 1 heterocycles. The Kier molecular flexibility index (Phi) is 5.65. The Morgan fingerprint density at radius 1 is 0.969 bits per heavy atom. The van der Waals surface area contributed by atoms with Crippen molar-refractivity contribution in [1.82, 2.24) is 0 Å². The molecule has 0 aliphatic rings. The van der Waals surface area contributed by atoms with Gasteiger partial charge in [0, 0.05) is 5.39 Å². The fourth-order valence-electron chi connectivity index (χ4n) is 3.44. The van der Waals surface area contributed by atoms with Gasteiger partial charge in [0.05, 0.1) is 19.8 Å². The summed E-state index contributed by atoms with van der Waals surface area (Å²) >= 11 is 0. The van der Waals surface area contributed by atoms with Gasteiger partial charge in [0.15, 0.2) is 0 Å². The molecular formula is C26H19NO5. The number of carboxylic acid groups (broad SMARTS) is 1. The van der Waals surface area contributed by atoms with E-state index in [1.807, 2.05) is 54.6 Å². The lowest BCUT2D eigenvalue weighted by Crippen LogP contribution is -1.97. The molecule has 3 aromatic carbocycles. The number of methoxy groups -OCH3 is 2. The van der Waals surface area contributed by atoms with Crippen LogP contribution in [-0.4, -0.2) is 25.3 Å². The highest BCUT2D eigenvalue weighted by Crippen LogP contribution is 2.37. The number of aliphatic carboxylic acids is 1. The zero-order chi connectivity index (χ0) is 22.7. The monoisotopic (exact) mass is 425 g/mol. The van der Waals surface area contributed by atoms with Crippen molar-refractivity contribution in [1.29, 1.82) is 5.26 Å². The number of nitrogens with zero attached hydrogens (tertiary/aromatic N) is 1. The number of nitriles is 1. The van der Waals surface area contributed by atoms with E-state index in [0.29, 0.717) is 22.7 Å². The Labute approximate surface area is 184 Å². The van der Waals surface area contributed by atoms with Crippen LogP contribution in [0.3, 0.4) is 0 Å². The minimum atomic E-state index is -1.27. The van der Waals surface area contributed by atoms with E-state index in [1.165, 1.54) is 6.08 Å². The minimum absolute atomic E-state index is 0.341. The maximum atomic E-state index is 11.1. The average molecular weight is 425 g/mol. The van der Waals surface area contributed by atoms with Crippen molar-refractivity contribution >= 4 is 23.0 Å². The molecule has 1 aromatic heterocycles. The van der Waals surface area contributed by atoms with Gasteiger partial charge in [-0.05, 0) is 59.2 Å². The minimum Gasteiger partial charge on any atom is -0.497 e. The quantitative estimate of drug-likeness (QED) is 0.311. The molecule has 0 saturated carbocycles. The van der Waals surface area contributed by atoms with Gasteiger partial charge in [-0.2, -0.15) is 5.26 Å². The Bertz CT molecular complexity index is 1370. The molecule has 0 fully saturated rings. The van der Waals surface area contributed by atoms with Gasteiger partial charge in [-0.25, -0.2) is 4.79 Å². The predicted molar refractivity (Wildman–Crippen MR) is 121 cm³/mol. The summed E-state index contributed by atoms with van der Waals surface area (Å²) in [5, 5.41) is 18.9. The van der Waals surface area contributed by atoms with Crippen molar-refractivity contribution in [3.63, 3.8) is 0 Å². The third-order valence-corrected chi connectivity index (χ3v) is 5.10. The van der Waals surface area contributed by atoms with Gasteiger partial charge in [0.2, 0.25) is 0 Å². The summed E-state index contributed by atoms with van der Waals surface area (Å²) < 4.78 is 16.9. The van der Waals surface area contributed by atoms with Crippen molar-refractivity contribution in [3.8, 4) is 40.0 Å². The van der Waals surface area contributed by atoms with E-state index in [9.17, 15) is 4.79 Å². The maximum Gasteiger partial charge on any atom is 0.346 e. The highest BCUT2D eigenvalue weighted by molar-refractivity contribution is 5.97. The lowest BCUT2D eigenvalue weighted by Gasteiger charge is -2.10. The summed E-state index contributed by atoms with van der Waals surface area (Å²) in [4.78, 5) is 11.1. The number of carboxylic acids is 1. The van der Waals surface area contributed by atoms with Crippen molar-refractivity contribution in [2.24, 2.45) is 0 Å². The summed E-state index contributed by atoms with van der Waals surface area (Å²) in [5.74, 6) is 0.807. The van der Waals surface area contributed by atoms with Gasteiger partial charge in [-0.3, -0.25) is 0 Å². The van der Waals surface area contributed by atoms with Crippen LogP contribution < -0.4 is 9.47 Å². The zero-order valence-corrected chi connectivity index (χ0v) is 17.5. The molecule has 0 atom stereocenters. The van der Waals surface area contributed by atoms with E-state index in [1.54, 1.807) is 32.4 Å². The predicted octanol–water partition coefficient (Wildman–Crippen LogP) is 5.78. The van der Waals surface area contributed by atoms with Gasteiger partial charge in [0.25, 0.3) is 0 Å². The van der Waals surface area contributed by atoms with Gasteiger partial charge in [-0.1, -0.05) is 30.3 Å². The van der Waals surface area contributed by atoms with E-state index in [-0.39, 0.29) is 5.57 Å². The van der Waals surface area contributed by atoms with Gasteiger partial charge in [0.1, 0.15) is 34.5 Å². The second-order valence-corrected chi connectivity index (χ2v) is 7.03. The summed E-state index contributed by atoms with van der Waals surface area (Å²) in [5.41, 5.74) is 3.63. The van der Waals surface area contributed by atoms with Crippen LogP contribution in [0.25, 0.3) is 39.5 Å². The zero-order valence-electron chi connectivity index (χ0n) is 17.5. The molecule has 0 saturated heterocycles.